The highest BCUT2D eigenvalue weighted by molar-refractivity contribution is 5.82. The van der Waals surface area contributed by atoms with Crippen LogP contribution in [0, 0.1) is 17.3 Å². The maximum Gasteiger partial charge on any atom is 0.226 e. The molecule has 102 valence electrons. The number of carbonyl (C=O) groups is 1. The fourth-order valence-electron chi connectivity index (χ4n) is 2.66. The number of amides is 1. The van der Waals surface area contributed by atoms with Gasteiger partial charge in [-0.2, -0.15) is 0 Å². The predicted molar refractivity (Wildman–Crippen MR) is 74.9 cm³/mol. The van der Waals surface area contributed by atoms with E-state index >= 15 is 0 Å². The molecule has 0 fully saturated rings. The summed E-state index contributed by atoms with van der Waals surface area (Å²) in [5.41, 5.74) is -0.387. The minimum Gasteiger partial charge on any atom is -0.351 e. The number of hydrogen-bond acceptors (Lipinski definition) is 1. The van der Waals surface area contributed by atoms with E-state index in [1.54, 1.807) is 0 Å². The maximum absolute atomic E-state index is 12.3. The lowest BCUT2D eigenvalue weighted by molar-refractivity contribution is -0.132. The van der Waals surface area contributed by atoms with Crippen LogP contribution >= 0.6 is 0 Å². The van der Waals surface area contributed by atoms with Gasteiger partial charge in [-0.1, -0.05) is 41.5 Å². The number of hydrogen-bond donors (Lipinski definition) is 1. The van der Waals surface area contributed by atoms with Crippen molar-refractivity contribution in [3.8, 4) is 0 Å². The van der Waals surface area contributed by atoms with Crippen LogP contribution in [0.5, 0.6) is 0 Å². The molecule has 0 spiro atoms. The fourth-order valence-corrected chi connectivity index (χ4v) is 2.66. The molecule has 0 radical (unpaired) electrons. The van der Waals surface area contributed by atoms with Crippen LogP contribution in [-0.4, -0.2) is 11.4 Å². The van der Waals surface area contributed by atoms with Crippen LogP contribution in [0.3, 0.4) is 0 Å². The molecule has 0 saturated heterocycles. The lowest BCUT2D eigenvalue weighted by atomic mass is 9.81. The van der Waals surface area contributed by atoms with Gasteiger partial charge in [0.15, 0.2) is 0 Å². The van der Waals surface area contributed by atoms with E-state index in [2.05, 4.69) is 46.9 Å². The Labute approximate surface area is 108 Å². The van der Waals surface area contributed by atoms with Gasteiger partial charge in [-0.3, -0.25) is 4.79 Å². The third-order valence-corrected chi connectivity index (χ3v) is 2.90. The number of nitrogens with one attached hydrogen (secondary N) is 1. The summed E-state index contributed by atoms with van der Waals surface area (Å²) in [6.07, 6.45) is 1.94. The molecule has 0 bridgehead atoms. The van der Waals surface area contributed by atoms with Crippen molar-refractivity contribution in [1.82, 2.24) is 5.32 Å². The number of carbonyl (C=O) groups excluding carboxylic acids is 1. The summed E-state index contributed by atoms with van der Waals surface area (Å²) < 4.78 is 0. The molecule has 0 aromatic carbocycles. The van der Waals surface area contributed by atoms with E-state index in [1.165, 1.54) is 0 Å². The molecule has 0 aromatic rings. The highest BCUT2D eigenvalue weighted by atomic mass is 16.2. The minimum atomic E-state index is -0.275. The van der Waals surface area contributed by atoms with Gasteiger partial charge in [-0.15, -0.1) is 0 Å². The van der Waals surface area contributed by atoms with Crippen LogP contribution in [0.15, 0.2) is 0 Å². The zero-order valence-corrected chi connectivity index (χ0v) is 13.0. The second-order valence-corrected chi connectivity index (χ2v) is 7.42. The van der Waals surface area contributed by atoms with Crippen LogP contribution < -0.4 is 5.32 Å². The normalized spacial score (nSPS) is 13.3. The van der Waals surface area contributed by atoms with Crippen molar-refractivity contribution in [1.29, 1.82) is 0 Å². The van der Waals surface area contributed by atoms with E-state index in [0.29, 0.717) is 11.8 Å². The molecule has 17 heavy (non-hydrogen) atoms. The van der Waals surface area contributed by atoms with Crippen molar-refractivity contribution in [2.45, 2.75) is 73.8 Å². The molecule has 0 atom stereocenters. The topological polar surface area (TPSA) is 29.1 Å². The van der Waals surface area contributed by atoms with Crippen molar-refractivity contribution in [3.63, 3.8) is 0 Å². The predicted octanol–water partition coefficient (Wildman–Crippen LogP) is 4.00. The van der Waals surface area contributed by atoms with Gasteiger partial charge in [-0.25, -0.2) is 0 Å². The zero-order valence-electron chi connectivity index (χ0n) is 13.0. The lowest BCUT2D eigenvalue weighted by Gasteiger charge is -2.34. The quantitative estimate of drug-likeness (QED) is 0.748. The summed E-state index contributed by atoms with van der Waals surface area (Å²) >= 11 is 0. The molecule has 0 aliphatic heterocycles. The van der Waals surface area contributed by atoms with E-state index in [1.807, 2.05) is 13.8 Å². The standard InChI is InChI=1S/C15H31NO/c1-11(2)9-14(5,6)13(17)16-15(7,8)10-12(3)4/h11-12H,9-10H2,1-8H3,(H,16,17). The Balaban J connectivity index is 4.52. The molecule has 1 amide bonds. The lowest BCUT2D eigenvalue weighted by Crippen LogP contribution is -2.49. The summed E-state index contributed by atoms with van der Waals surface area (Å²) in [7, 11) is 0. The van der Waals surface area contributed by atoms with Gasteiger partial charge in [0.05, 0.1) is 0 Å². The summed E-state index contributed by atoms with van der Waals surface area (Å²) in [6, 6.07) is 0. The monoisotopic (exact) mass is 241 g/mol. The molecule has 1 N–H and O–H groups in total. The second-order valence-electron chi connectivity index (χ2n) is 7.42. The molecule has 0 aliphatic rings. The van der Waals surface area contributed by atoms with Crippen molar-refractivity contribution in [2.24, 2.45) is 17.3 Å². The van der Waals surface area contributed by atoms with E-state index in [4.69, 9.17) is 0 Å². The Kier molecular flexibility index (Phi) is 5.70. The largest absolute Gasteiger partial charge is 0.351 e. The summed E-state index contributed by atoms with van der Waals surface area (Å²) in [6.45, 7) is 17.0. The molecule has 0 saturated carbocycles. The van der Waals surface area contributed by atoms with Gasteiger partial charge < -0.3 is 5.32 Å². The minimum absolute atomic E-state index is 0.112. The molecule has 0 heterocycles. The van der Waals surface area contributed by atoms with Crippen molar-refractivity contribution in [2.75, 3.05) is 0 Å². The Morgan fingerprint density at radius 2 is 1.35 bits per heavy atom. The SMILES string of the molecule is CC(C)CC(C)(C)NC(=O)C(C)(C)CC(C)C. The van der Waals surface area contributed by atoms with Crippen LogP contribution in [0.1, 0.15) is 68.2 Å². The highest BCUT2D eigenvalue weighted by Crippen LogP contribution is 2.27. The molecule has 0 aromatic heterocycles. The van der Waals surface area contributed by atoms with Gasteiger partial charge in [0.25, 0.3) is 0 Å². The van der Waals surface area contributed by atoms with Gasteiger partial charge in [0.1, 0.15) is 0 Å². The third kappa shape index (κ3) is 6.70. The first-order valence-corrected chi connectivity index (χ1v) is 6.79. The molecule has 0 rings (SSSR count). The first-order valence-electron chi connectivity index (χ1n) is 6.79. The molecule has 2 heteroatoms. The van der Waals surface area contributed by atoms with Crippen LogP contribution in [-0.2, 0) is 4.79 Å². The van der Waals surface area contributed by atoms with Gasteiger partial charge in [-0.05, 0) is 38.5 Å². The molecule has 2 nitrogen and oxygen atoms in total. The van der Waals surface area contributed by atoms with Crippen molar-refractivity contribution < 1.29 is 4.79 Å². The van der Waals surface area contributed by atoms with Crippen LogP contribution in [0.4, 0.5) is 0 Å². The molecule has 0 aliphatic carbocycles. The average molecular weight is 241 g/mol. The van der Waals surface area contributed by atoms with Gasteiger partial charge >= 0.3 is 0 Å². The molecular weight excluding hydrogens is 210 g/mol. The number of rotatable bonds is 6. The van der Waals surface area contributed by atoms with Crippen molar-refractivity contribution >= 4 is 5.91 Å². The van der Waals surface area contributed by atoms with E-state index < -0.39 is 0 Å². The summed E-state index contributed by atoms with van der Waals surface area (Å²) in [4.78, 5) is 12.3. The Morgan fingerprint density at radius 1 is 0.941 bits per heavy atom. The molecule has 0 unspecified atom stereocenters. The first kappa shape index (κ1) is 16.5. The fraction of sp³-hybridized carbons (Fsp3) is 0.933. The maximum atomic E-state index is 12.3. The second kappa shape index (κ2) is 5.88. The highest BCUT2D eigenvalue weighted by Gasteiger charge is 2.32. The van der Waals surface area contributed by atoms with Crippen LogP contribution in [0.25, 0.3) is 0 Å². The Bertz CT molecular complexity index is 252. The zero-order chi connectivity index (χ0) is 13.9. The first-order chi connectivity index (χ1) is 7.46. The Morgan fingerprint density at radius 3 is 1.71 bits per heavy atom. The summed E-state index contributed by atoms with van der Waals surface area (Å²) in [5, 5.41) is 3.19. The van der Waals surface area contributed by atoms with E-state index in [0.717, 1.165) is 12.8 Å². The van der Waals surface area contributed by atoms with Crippen molar-refractivity contribution in [3.05, 3.63) is 0 Å². The Hall–Kier alpha value is -0.530. The van der Waals surface area contributed by atoms with E-state index in [9.17, 15) is 4.79 Å². The molecular formula is C15H31NO. The third-order valence-electron chi connectivity index (χ3n) is 2.90. The van der Waals surface area contributed by atoms with Gasteiger partial charge in [0, 0.05) is 11.0 Å². The average Bonchev–Trinajstić information content (AvgIpc) is 1.96. The van der Waals surface area contributed by atoms with E-state index in [-0.39, 0.29) is 16.9 Å². The van der Waals surface area contributed by atoms with Gasteiger partial charge in [0.2, 0.25) is 5.91 Å². The smallest absolute Gasteiger partial charge is 0.226 e. The summed E-state index contributed by atoms with van der Waals surface area (Å²) in [5.74, 6) is 1.32. The van der Waals surface area contributed by atoms with Crippen LogP contribution in [0.2, 0.25) is 0 Å².